The molecule has 2 aromatic rings. The Morgan fingerprint density at radius 3 is 2.35 bits per heavy atom. The number of amides is 2. The summed E-state index contributed by atoms with van der Waals surface area (Å²) in [6.45, 7) is 1.94. The molecule has 0 N–H and O–H groups in total. The summed E-state index contributed by atoms with van der Waals surface area (Å²) in [6, 6.07) is 10.7. The van der Waals surface area contributed by atoms with E-state index in [9.17, 15) is 9.59 Å². The van der Waals surface area contributed by atoms with Crippen molar-refractivity contribution in [2.75, 3.05) is 39.5 Å². The molecule has 0 radical (unpaired) electrons. The minimum absolute atomic E-state index is 0.0743. The molecule has 0 saturated carbocycles. The number of hydrogen-bond donors (Lipinski definition) is 0. The van der Waals surface area contributed by atoms with E-state index in [1.165, 1.54) is 0 Å². The van der Waals surface area contributed by atoms with E-state index in [0.717, 1.165) is 11.5 Å². The molecule has 0 spiro atoms. The molecule has 0 atom stereocenters. The Morgan fingerprint density at radius 2 is 1.69 bits per heavy atom. The van der Waals surface area contributed by atoms with E-state index in [1.54, 1.807) is 46.9 Å². The number of rotatable bonds is 5. The van der Waals surface area contributed by atoms with Gasteiger partial charge in [-0.1, -0.05) is 12.1 Å². The topological polar surface area (TPSA) is 63.0 Å². The average molecular weight is 374 g/mol. The van der Waals surface area contributed by atoms with Crippen molar-refractivity contribution in [3.8, 4) is 5.75 Å². The number of furan rings is 1. The van der Waals surface area contributed by atoms with Gasteiger partial charge in [0.05, 0.1) is 18.4 Å². The van der Waals surface area contributed by atoms with Crippen molar-refractivity contribution in [2.45, 2.75) is 5.75 Å². The number of carbonyl (C=O) groups excluding carboxylic acids is 2. The van der Waals surface area contributed by atoms with Crippen molar-refractivity contribution < 1.29 is 18.7 Å². The number of piperazine rings is 1. The molecule has 1 saturated heterocycles. The fourth-order valence-electron chi connectivity index (χ4n) is 2.97. The lowest BCUT2D eigenvalue weighted by atomic mass is 10.1. The molecule has 1 aromatic heterocycles. The van der Waals surface area contributed by atoms with E-state index in [4.69, 9.17) is 9.15 Å². The molecule has 1 aliphatic heterocycles. The fraction of sp³-hybridized carbons (Fsp3) is 0.368. The smallest absolute Gasteiger partial charge is 0.289 e. The van der Waals surface area contributed by atoms with Crippen LogP contribution in [0.4, 0.5) is 0 Å². The Bertz CT molecular complexity index is 781. The first kappa shape index (κ1) is 18.4. The Hall–Kier alpha value is -2.41. The van der Waals surface area contributed by atoms with E-state index in [0.29, 0.717) is 43.3 Å². The summed E-state index contributed by atoms with van der Waals surface area (Å²) < 4.78 is 10.9. The molecule has 0 bridgehead atoms. The summed E-state index contributed by atoms with van der Waals surface area (Å²) in [6.07, 6.45) is 1.99. The first-order chi connectivity index (χ1) is 12.6. The molecule has 6 nitrogen and oxygen atoms in total. The van der Waals surface area contributed by atoms with Crippen molar-refractivity contribution in [2.24, 2.45) is 0 Å². The predicted molar refractivity (Wildman–Crippen MR) is 101 cm³/mol. The average Bonchev–Trinajstić information content (AvgIpc) is 3.16. The van der Waals surface area contributed by atoms with E-state index < -0.39 is 0 Å². The van der Waals surface area contributed by atoms with Crippen molar-refractivity contribution in [1.29, 1.82) is 0 Å². The zero-order chi connectivity index (χ0) is 18.5. The van der Waals surface area contributed by atoms with Crippen molar-refractivity contribution >= 4 is 23.6 Å². The largest absolute Gasteiger partial charge is 0.496 e. The normalized spacial score (nSPS) is 14.4. The van der Waals surface area contributed by atoms with Gasteiger partial charge in [0, 0.05) is 26.2 Å². The third-order valence-electron chi connectivity index (χ3n) is 4.35. The van der Waals surface area contributed by atoms with Crippen molar-refractivity contribution in [3.05, 3.63) is 53.5 Å². The maximum Gasteiger partial charge on any atom is 0.289 e. The standard InChI is InChI=1S/C19H22N2O4S/c1-24-16-6-4-3-5-15(16)18(22)20-9-11-21(12-10-20)19(23)17-8-7-14(25-17)13-26-2/h3-8H,9-13H2,1-2H3. The maximum absolute atomic E-state index is 12.7. The van der Waals surface area contributed by atoms with E-state index in [1.807, 2.05) is 24.5 Å². The lowest BCUT2D eigenvalue weighted by molar-refractivity contribution is 0.0515. The number of ether oxygens (including phenoxy) is 1. The Labute approximate surface area is 157 Å². The SMILES string of the molecule is COc1ccccc1C(=O)N1CCN(C(=O)c2ccc(CSC)o2)CC1. The molecule has 2 amide bonds. The molecule has 1 aliphatic rings. The predicted octanol–water partition coefficient (Wildman–Crippen LogP) is 2.75. The second-order valence-electron chi connectivity index (χ2n) is 5.98. The molecule has 138 valence electrons. The first-order valence-corrected chi connectivity index (χ1v) is 9.82. The highest BCUT2D eigenvalue weighted by Crippen LogP contribution is 2.21. The third-order valence-corrected chi connectivity index (χ3v) is 4.92. The van der Waals surface area contributed by atoms with E-state index >= 15 is 0 Å². The van der Waals surface area contributed by atoms with Gasteiger partial charge in [0.2, 0.25) is 0 Å². The molecule has 26 heavy (non-hydrogen) atoms. The number of benzene rings is 1. The van der Waals surface area contributed by atoms with Gasteiger partial charge in [-0.15, -0.1) is 0 Å². The van der Waals surface area contributed by atoms with Gasteiger partial charge in [-0.25, -0.2) is 0 Å². The Kier molecular flexibility index (Phi) is 5.88. The highest BCUT2D eigenvalue weighted by atomic mass is 32.2. The van der Waals surface area contributed by atoms with Gasteiger partial charge in [0.25, 0.3) is 11.8 Å². The molecule has 0 unspecified atom stereocenters. The molecule has 1 aromatic carbocycles. The molecular formula is C19H22N2O4S. The van der Waals surface area contributed by atoms with Crippen molar-refractivity contribution in [1.82, 2.24) is 9.80 Å². The van der Waals surface area contributed by atoms with Gasteiger partial charge in [-0.3, -0.25) is 9.59 Å². The maximum atomic E-state index is 12.7. The van der Waals surface area contributed by atoms with Crippen LogP contribution in [0.1, 0.15) is 26.7 Å². The molecule has 3 rings (SSSR count). The summed E-state index contributed by atoms with van der Waals surface area (Å²) in [4.78, 5) is 28.8. The lowest BCUT2D eigenvalue weighted by Crippen LogP contribution is -2.50. The molecule has 7 heteroatoms. The molecule has 1 fully saturated rings. The number of thioether (sulfide) groups is 1. The van der Waals surface area contributed by atoms with Crippen LogP contribution in [0.25, 0.3) is 0 Å². The molecule has 2 heterocycles. The van der Waals surface area contributed by atoms with Crippen LogP contribution < -0.4 is 4.74 Å². The van der Waals surface area contributed by atoms with E-state index in [2.05, 4.69) is 0 Å². The van der Waals surface area contributed by atoms with E-state index in [-0.39, 0.29) is 11.8 Å². The Balaban J connectivity index is 1.61. The number of para-hydroxylation sites is 1. The number of methoxy groups -OCH3 is 1. The van der Waals surface area contributed by atoms with Crippen LogP contribution in [-0.2, 0) is 5.75 Å². The number of nitrogens with zero attached hydrogens (tertiary/aromatic N) is 2. The van der Waals surface area contributed by atoms with Crippen molar-refractivity contribution in [3.63, 3.8) is 0 Å². The summed E-state index contributed by atoms with van der Waals surface area (Å²) >= 11 is 1.65. The zero-order valence-electron chi connectivity index (χ0n) is 14.9. The molecule has 0 aliphatic carbocycles. The lowest BCUT2D eigenvalue weighted by Gasteiger charge is -2.34. The van der Waals surface area contributed by atoms with Gasteiger partial charge >= 0.3 is 0 Å². The van der Waals surface area contributed by atoms with Crippen LogP contribution in [0.5, 0.6) is 5.75 Å². The Morgan fingerprint density at radius 1 is 1.04 bits per heavy atom. The number of hydrogen-bond acceptors (Lipinski definition) is 5. The monoisotopic (exact) mass is 374 g/mol. The minimum Gasteiger partial charge on any atom is -0.496 e. The summed E-state index contributed by atoms with van der Waals surface area (Å²) in [5, 5.41) is 0. The summed E-state index contributed by atoms with van der Waals surface area (Å²) in [7, 11) is 1.55. The second-order valence-corrected chi connectivity index (χ2v) is 6.85. The van der Waals surface area contributed by atoms with Crippen LogP contribution in [0.15, 0.2) is 40.8 Å². The van der Waals surface area contributed by atoms with Gasteiger partial charge in [-0.05, 0) is 30.5 Å². The summed E-state index contributed by atoms with van der Waals surface area (Å²) in [5.41, 5.74) is 0.544. The van der Waals surface area contributed by atoms with Crippen LogP contribution >= 0.6 is 11.8 Å². The quantitative estimate of drug-likeness (QED) is 0.805. The van der Waals surface area contributed by atoms with Crippen LogP contribution in [0.3, 0.4) is 0 Å². The second kappa shape index (κ2) is 8.31. The third kappa shape index (κ3) is 3.88. The zero-order valence-corrected chi connectivity index (χ0v) is 15.8. The highest BCUT2D eigenvalue weighted by Gasteiger charge is 2.28. The van der Waals surface area contributed by atoms with Crippen LogP contribution in [-0.4, -0.2) is 61.2 Å². The van der Waals surface area contributed by atoms with Gasteiger partial charge in [-0.2, -0.15) is 11.8 Å². The van der Waals surface area contributed by atoms with Gasteiger partial charge < -0.3 is 19.0 Å². The van der Waals surface area contributed by atoms with Crippen LogP contribution in [0.2, 0.25) is 0 Å². The highest BCUT2D eigenvalue weighted by molar-refractivity contribution is 7.97. The van der Waals surface area contributed by atoms with Gasteiger partial charge in [0.1, 0.15) is 11.5 Å². The number of carbonyl (C=O) groups is 2. The minimum atomic E-state index is -0.123. The fourth-order valence-corrected chi connectivity index (χ4v) is 3.41. The van der Waals surface area contributed by atoms with Crippen LogP contribution in [0, 0.1) is 0 Å². The first-order valence-electron chi connectivity index (χ1n) is 8.43. The van der Waals surface area contributed by atoms with Gasteiger partial charge in [0.15, 0.2) is 5.76 Å². The summed E-state index contributed by atoms with van der Waals surface area (Å²) in [5.74, 6) is 2.27. The molecular weight excluding hydrogens is 352 g/mol.